The van der Waals surface area contributed by atoms with Crippen LogP contribution < -0.4 is 17.0 Å². The summed E-state index contributed by atoms with van der Waals surface area (Å²) in [5.41, 5.74) is 3.83. The van der Waals surface area contributed by atoms with Gasteiger partial charge in [0.15, 0.2) is 0 Å². The predicted molar refractivity (Wildman–Crippen MR) is 102 cm³/mol. The number of alkyl halides is 3. The molecule has 0 saturated carbocycles. The molecule has 5 nitrogen and oxygen atoms in total. The van der Waals surface area contributed by atoms with E-state index in [1.54, 1.807) is 0 Å². The molecule has 1 aromatic carbocycles. The molecule has 0 saturated heterocycles. The van der Waals surface area contributed by atoms with Crippen molar-refractivity contribution in [2.45, 2.75) is 32.7 Å². The Balaban J connectivity index is 2.80. The van der Waals surface area contributed by atoms with Gasteiger partial charge >= 0.3 is 11.9 Å². The van der Waals surface area contributed by atoms with Crippen LogP contribution in [0.15, 0.2) is 21.7 Å². The van der Waals surface area contributed by atoms with Crippen LogP contribution >= 0.6 is 0 Å². The highest BCUT2D eigenvalue weighted by Crippen LogP contribution is 2.29. The van der Waals surface area contributed by atoms with Gasteiger partial charge in [0.2, 0.25) is 0 Å². The smallest absolute Gasteiger partial charge is 0.398 e. The number of hydrogen-bond acceptors (Lipinski definition) is 3. The van der Waals surface area contributed by atoms with Crippen LogP contribution in [0.3, 0.4) is 0 Å². The van der Waals surface area contributed by atoms with Crippen LogP contribution in [0.5, 0.6) is 0 Å². The summed E-state index contributed by atoms with van der Waals surface area (Å²) < 4.78 is 54.8. The van der Waals surface area contributed by atoms with E-state index < -0.39 is 48.3 Å². The number of nitrogens with two attached hydrogens (primary N) is 1. The van der Waals surface area contributed by atoms with Gasteiger partial charge in [0.05, 0.1) is 5.69 Å². The molecule has 0 aliphatic carbocycles. The Morgan fingerprint density at radius 3 is 2.21 bits per heavy atom. The standard InChI is InChI=1S/C18H19F4N3O2Si/c1-10-15(18(20,21)22)24(2)17(27)25(16(10)26)14-9-13(23)11(8-12(14)19)6-7-28(3,4)5/h8-9H,23H2,1-5H3. The zero-order chi connectivity index (χ0) is 21.6. The second kappa shape index (κ2) is 6.98. The Morgan fingerprint density at radius 2 is 1.71 bits per heavy atom. The molecule has 0 amide bonds. The second-order valence-electron chi connectivity index (χ2n) is 7.34. The molecule has 2 aromatic rings. The highest BCUT2D eigenvalue weighted by atomic mass is 28.3. The van der Waals surface area contributed by atoms with E-state index >= 15 is 0 Å². The molecule has 0 spiro atoms. The summed E-state index contributed by atoms with van der Waals surface area (Å²) in [6.45, 7) is 6.87. The molecule has 0 aliphatic rings. The molecule has 28 heavy (non-hydrogen) atoms. The van der Waals surface area contributed by atoms with Crippen LogP contribution in [0.1, 0.15) is 16.8 Å². The number of rotatable bonds is 1. The SMILES string of the molecule is Cc1c(C(F)(F)F)n(C)c(=O)n(-c2cc(N)c(C#C[Si](C)(C)C)cc2F)c1=O. The first kappa shape index (κ1) is 21.5. The van der Waals surface area contributed by atoms with Crippen molar-refractivity contribution in [2.75, 3.05) is 5.73 Å². The first-order chi connectivity index (χ1) is 12.6. The molecule has 0 radical (unpaired) electrons. The maximum atomic E-state index is 14.7. The van der Waals surface area contributed by atoms with Gasteiger partial charge in [-0.25, -0.2) is 13.8 Å². The highest BCUT2D eigenvalue weighted by molar-refractivity contribution is 6.83. The van der Waals surface area contributed by atoms with Gasteiger partial charge in [-0.15, -0.1) is 5.54 Å². The molecular formula is C18H19F4N3O2Si. The van der Waals surface area contributed by atoms with Gasteiger partial charge in [-0.05, 0) is 19.1 Å². The summed E-state index contributed by atoms with van der Waals surface area (Å²) in [4.78, 5) is 24.8. The number of anilines is 1. The summed E-state index contributed by atoms with van der Waals surface area (Å²) in [6, 6.07) is 2.00. The number of benzene rings is 1. The van der Waals surface area contributed by atoms with Crippen molar-refractivity contribution < 1.29 is 17.6 Å². The molecular weight excluding hydrogens is 394 g/mol. The summed E-state index contributed by atoms with van der Waals surface area (Å²) >= 11 is 0. The summed E-state index contributed by atoms with van der Waals surface area (Å²) in [6.07, 6.45) is -4.91. The fourth-order valence-corrected chi connectivity index (χ4v) is 3.09. The number of hydrogen-bond donors (Lipinski definition) is 1. The van der Waals surface area contributed by atoms with E-state index in [4.69, 9.17) is 5.73 Å². The molecule has 2 rings (SSSR count). The third kappa shape index (κ3) is 4.04. The lowest BCUT2D eigenvalue weighted by Crippen LogP contribution is -2.43. The van der Waals surface area contributed by atoms with Crippen molar-refractivity contribution in [1.29, 1.82) is 0 Å². The van der Waals surface area contributed by atoms with Crippen molar-refractivity contribution in [3.8, 4) is 17.2 Å². The van der Waals surface area contributed by atoms with Crippen LogP contribution in [0.2, 0.25) is 19.6 Å². The van der Waals surface area contributed by atoms with Crippen LogP contribution in [0.25, 0.3) is 5.69 Å². The van der Waals surface area contributed by atoms with Gasteiger partial charge in [0.25, 0.3) is 5.56 Å². The van der Waals surface area contributed by atoms with Gasteiger partial charge in [-0.2, -0.15) is 13.2 Å². The Kier molecular flexibility index (Phi) is 5.36. The fraction of sp³-hybridized carbons (Fsp3) is 0.333. The van der Waals surface area contributed by atoms with Crippen molar-refractivity contribution in [2.24, 2.45) is 7.05 Å². The van der Waals surface area contributed by atoms with Crippen molar-refractivity contribution in [3.05, 3.63) is 55.6 Å². The van der Waals surface area contributed by atoms with Crippen LogP contribution in [-0.2, 0) is 13.2 Å². The van der Waals surface area contributed by atoms with Gasteiger partial charge in [0.1, 0.15) is 19.6 Å². The van der Waals surface area contributed by atoms with Crippen molar-refractivity contribution >= 4 is 13.8 Å². The van der Waals surface area contributed by atoms with E-state index in [-0.39, 0.29) is 15.8 Å². The molecule has 0 atom stereocenters. The van der Waals surface area contributed by atoms with Crippen LogP contribution in [-0.4, -0.2) is 17.2 Å². The number of aromatic nitrogens is 2. The van der Waals surface area contributed by atoms with E-state index in [9.17, 15) is 27.2 Å². The topological polar surface area (TPSA) is 70.0 Å². The lowest BCUT2D eigenvalue weighted by Gasteiger charge is -2.17. The minimum absolute atomic E-state index is 0.00801. The molecule has 150 valence electrons. The number of halogens is 4. The fourth-order valence-electron chi connectivity index (χ4n) is 2.58. The first-order valence-electron chi connectivity index (χ1n) is 8.17. The number of nitrogens with zero attached hydrogens (tertiary/aromatic N) is 2. The van der Waals surface area contributed by atoms with Crippen LogP contribution in [0.4, 0.5) is 23.2 Å². The molecule has 0 unspecified atom stereocenters. The minimum Gasteiger partial charge on any atom is -0.398 e. The largest absolute Gasteiger partial charge is 0.432 e. The minimum atomic E-state index is -4.91. The lowest BCUT2D eigenvalue weighted by molar-refractivity contribution is -0.144. The van der Waals surface area contributed by atoms with E-state index in [1.165, 1.54) is 0 Å². The Labute approximate surface area is 159 Å². The van der Waals surface area contributed by atoms with Gasteiger partial charge < -0.3 is 5.73 Å². The maximum Gasteiger partial charge on any atom is 0.432 e. The average molecular weight is 413 g/mol. The predicted octanol–water partition coefficient (Wildman–Crippen LogP) is 2.81. The normalized spacial score (nSPS) is 11.9. The monoisotopic (exact) mass is 413 g/mol. The Hall–Kier alpha value is -2.80. The van der Waals surface area contributed by atoms with E-state index in [0.717, 1.165) is 26.1 Å². The average Bonchev–Trinajstić information content (AvgIpc) is 2.52. The summed E-state index contributed by atoms with van der Waals surface area (Å²) in [5, 5.41) is 0. The maximum absolute atomic E-state index is 14.7. The third-order valence-corrected chi connectivity index (χ3v) is 4.77. The molecule has 1 aromatic heterocycles. The zero-order valence-corrected chi connectivity index (χ0v) is 17.0. The Bertz CT molecular complexity index is 1090. The van der Waals surface area contributed by atoms with Gasteiger partial charge in [-0.1, -0.05) is 25.6 Å². The second-order valence-corrected chi connectivity index (χ2v) is 12.1. The molecule has 10 heteroatoms. The van der Waals surface area contributed by atoms with E-state index in [2.05, 4.69) is 11.5 Å². The molecule has 0 fully saturated rings. The Morgan fingerprint density at radius 1 is 1.14 bits per heavy atom. The third-order valence-electron chi connectivity index (χ3n) is 3.89. The lowest BCUT2D eigenvalue weighted by atomic mass is 10.1. The number of nitrogen functional groups attached to an aromatic ring is 1. The zero-order valence-electron chi connectivity index (χ0n) is 16.0. The first-order valence-corrected chi connectivity index (χ1v) is 11.7. The van der Waals surface area contributed by atoms with Gasteiger partial charge in [-0.3, -0.25) is 9.36 Å². The van der Waals surface area contributed by atoms with E-state index in [0.29, 0.717) is 4.57 Å². The quantitative estimate of drug-likeness (QED) is 0.338. The van der Waals surface area contributed by atoms with Crippen molar-refractivity contribution in [3.63, 3.8) is 0 Å². The van der Waals surface area contributed by atoms with E-state index in [1.807, 2.05) is 19.6 Å². The molecule has 2 N–H and O–H groups in total. The van der Waals surface area contributed by atoms with Crippen molar-refractivity contribution in [1.82, 2.24) is 9.13 Å². The molecule has 0 aliphatic heterocycles. The van der Waals surface area contributed by atoms with Crippen LogP contribution in [0, 0.1) is 24.2 Å². The molecule has 0 bridgehead atoms. The van der Waals surface area contributed by atoms with Gasteiger partial charge in [0, 0.05) is 23.9 Å². The highest BCUT2D eigenvalue weighted by Gasteiger charge is 2.38. The summed E-state index contributed by atoms with van der Waals surface area (Å²) in [5.74, 6) is 1.79. The summed E-state index contributed by atoms with van der Waals surface area (Å²) in [7, 11) is -0.905. The molecule has 1 heterocycles.